The molecule has 0 amide bonds. The topological polar surface area (TPSA) is 99.0 Å². The normalized spacial score (nSPS) is 11.4. The molecule has 2 aromatic rings. The number of aryl methyl sites for hydroxylation is 1. The lowest BCUT2D eigenvalue weighted by Gasteiger charge is -2.18. The molecule has 27 heavy (non-hydrogen) atoms. The van der Waals surface area contributed by atoms with Crippen molar-refractivity contribution in [3.63, 3.8) is 0 Å². The van der Waals surface area contributed by atoms with E-state index in [0.29, 0.717) is 29.2 Å². The zero-order valence-electron chi connectivity index (χ0n) is 15.6. The summed E-state index contributed by atoms with van der Waals surface area (Å²) in [6, 6.07) is 9.05. The summed E-state index contributed by atoms with van der Waals surface area (Å²) in [5.41, 5.74) is 0.869. The number of methoxy groups -OCH3 is 1. The van der Waals surface area contributed by atoms with Crippen LogP contribution in [0.5, 0.6) is 11.5 Å². The molecule has 146 valence electrons. The minimum absolute atomic E-state index is 0.0762. The van der Waals surface area contributed by atoms with E-state index in [4.69, 9.17) is 9.47 Å². The van der Waals surface area contributed by atoms with Gasteiger partial charge < -0.3 is 9.47 Å². The van der Waals surface area contributed by atoms with Crippen molar-refractivity contribution in [1.82, 2.24) is 4.31 Å². The molecule has 2 rings (SSSR count). The van der Waals surface area contributed by atoms with Crippen molar-refractivity contribution in [2.24, 2.45) is 0 Å². The predicted molar refractivity (Wildman–Crippen MR) is 101 cm³/mol. The number of nitro groups is 1. The van der Waals surface area contributed by atoms with Gasteiger partial charge in [-0.15, -0.1) is 0 Å². The first-order valence-corrected chi connectivity index (χ1v) is 9.65. The number of hydrogen-bond acceptors (Lipinski definition) is 6. The number of sulfonamides is 1. The Hall–Kier alpha value is -2.65. The van der Waals surface area contributed by atoms with Crippen molar-refractivity contribution in [2.75, 3.05) is 20.8 Å². The minimum Gasteiger partial charge on any atom is -0.493 e. The number of hydrogen-bond donors (Lipinski definition) is 0. The number of ether oxygens (including phenoxy) is 2. The SMILES string of the molecule is CCOc1ccc(CN(C)S(=O)(=O)c2ccc(C)c([N+](=O)[O-])c2)cc1OC. The highest BCUT2D eigenvalue weighted by molar-refractivity contribution is 7.89. The molecule has 0 heterocycles. The Morgan fingerprint density at radius 1 is 1.15 bits per heavy atom. The maximum Gasteiger partial charge on any atom is 0.273 e. The molecule has 0 aliphatic rings. The Morgan fingerprint density at radius 3 is 2.44 bits per heavy atom. The van der Waals surface area contributed by atoms with Gasteiger partial charge in [0.15, 0.2) is 11.5 Å². The summed E-state index contributed by atoms with van der Waals surface area (Å²) < 4.78 is 37.5. The molecule has 0 aromatic heterocycles. The molecular formula is C18H22N2O6S. The van der Waals surface area contributed by atoms with Crippen molar-refractivity contribution >= 4 is 15.7 Å². The van der Waals surface area contributed by atoms with E-state index in [1.807, 2.05) is 6.92 Å². The van der Waals surface area contributed by atoms with Crippen LogP contribution < -0.4 is 9.47 Å². The third kappa shape index (κ3) is 4.55. The molecule has 9 heteroatoms. The van der Waals surface area contributed by atoms with E-state index in [9.17, 15) is 18.5 Å². The summed E-state index contributed by atoms with van der Waals surface area (Å²) >= 11 is 0. The lowest BCUT2D eigenvalue weighted by Crippen LogP contribution is -2.26. The van der Waals surface area contributed by atoms with Crippen molar-refractivity contribution < 1.29 is 22.8 Å². The lowest BCUT2D eigenvalue weighted by molar-refractivity contribution is -0.385. The van der Waals surface area contributed by atoms with Gasteiger partial charge in [-0.25, -0.2) is 8.42 Å². The van der Waals surface area contributed by atoms with Crippen LogP contribution in [-0.4, -0.2) is 38.4 Å². The Labute approximate surface area is 158 Å². The maximum atomic E-state index is 12.8. The second-order valence-corrected chi connectivity index (χ2v) is 7.93. The highest BCUT2D eigenvalue weighted by atomic mass is 32.2. The van der Waals surface area contributed by atoms with Gasteiger partial charge in [0.2, 0.25) is 10.0 Å². The van der Waals surface area contributed by atoms with Crippen LogP contribution in [0.2, 0.25) is 0 Å². The van der Waals surface area contributed by atoms with Crippen LogP contribution in [0, 0.1) is 17.0 Å². The van der Waals surface area contributed by atoms with E-state index < -0.39 is 14.9 Å². The second-order valence-electron chi connectivity index (χ2n) is 5.88. The monoisotopic (exact) mass is 394 g/mol. The fraction of sp³-hybridized carbons (Fsp3) is 0.333. The zero-order chi connectivity index (χ0) is 20.2. The lowest BCUT2D eigenvalue weighted by atomic mass is 10.2. The minimum atomic E-state index is -3.89. The summed E-state index contributed by atoms with van der Waals surface area (Å²) in [5.74, 6) is 1.08. The maximum absolute atomic E-state index is 12.8. The first-order chi connectivity index (χ1) is 12.7. The van der Waals surface area contributed by atoms with Crippen molar-refractivity contribution in [3.05, 3.63) is 57.6 Å². The van der Waals surface area contributed by atoms with E-state index >= 15 is 0 Å². The quantitative estimate of drug-likeness (QED) is 0.504. The van der Waals surface area contributed by atoms with Gasteiger partial charge in [-0.1, -0.05) is 12.1 Å². The third-order valence-electron chi connectivity index (χ3n) is 4.02. The van der Waals surface area contributed by atoms with Gasteiger partial charge in [-0.2, -0.15) is 4.31 Å². The van der Waals surface area contributed by atoms with Crippen LogP contribution in [-0.2, 0) is 16.6 Å². The van der Waals surface area contributed by atoms with E-state index in [1.54, 1.807) is 25.1 Å². The van der Waals surface area contributed by atoms with E-state index in [0.717, 1.165) is 10.4 Å². The van der Waals surface area contributed by atoms with Crippen molar-refractivity contribution in [1.29, 1.82) is 0 Å². The molecule has 0 fully saturated rings. The molecule has 8 nitrogen and oxygen atoms in total. The van der Waals surface area contributed by atoms with Gasteiger partial charge in [-0.3, -0.25) is 10.1 Å². The fourth-order valence-electron chi connectivity index (χ4n) is 2.55. The van der Waals surface area contributed by atoms with Gasteiger partial charge in [0.25, 0.3) is 5.69 Å². The molecular weight excluding hydrogens is 372 g/mol. The fourth-order valence-corrected chi connectivity index (χ4v) is 3.73. The number of rotatable bonds is 8. The summed E-state index contributed by atoms with van der Waals surface area (Å²) in [4.78, 5) is 10.4. The van der Waals surface area contributed by atoms with E-state index in [1.165, 1.54) is 26.3 Å². The standard InChI is InChI=1S/C18H22N2O6S/c1-5-26-17-9-7-14(10-18(17)25-4)12-19(3)27(23,24)15-8-6-13(2)16(11-15)20(21)22/h6-11H,5,12H2,1-4H3. The Bertz CT molecular complexity index is 943. The molecule has 0 saturated carbocycles. The molecule has 0 unspecified atom stereocenters. The average Bonchev–Trinajstić information content (AvgIpc) is 2.62. The third-order valence-corrected chi connectivity index (χ3v) is 5.82. The summed E-state index contributed by atoms with van der Waals surface area (Å²) in [6.45, 7) is 3.97. The molecule has 0 spiro atoms. The zero-order valence-corrected chi connectivity index (χ0v) is 16.4. The summed E-state index contributed by atoms with van der Waals surface area (Å²) in [7, 11) is -0.965. The Morgan fingerprint density at radius 2 is 1.85 bits per heavy atom. The van der Waals surface area contributed by atoms with Crippen LogP contribution in [0.25, 0.3) is 0 Å². The molecule has 0 N–H and O–H groups in total. The van der Waals surface area contributed by atoms with E-state index in [-0.39, 0.29) is 17.1 Å². The van der Waals surface area contributed by atoms with Gasteiger partial charge in [0.05, 0.1) is 23.5 Å². The molecule has 0 bridgehead atoms. The van der Waals surface area contributed by atoms with Gasteiger partial charge in [-0.05, 0) is 37.6 Å². The molecule has 2 aromatic carbocycles. The molecule has 0 saturated heterocycles. The first-order valence-electron chi connectivity index (χ1n) is 8.21. The van der Waals surface area contributed by atoms with E-state index in [2.05, 4.69) is 0 Å². The smallest absolute Gasteiger partial charge is 0.273 e. The average molecular weight is 394 g/mol. The summed E-state index contributed by atoms with van der Waals surface area (Å²) in [5, 5.41) is 11.1. The van der Waals surface area contributed by atoms with Crippen LogP contribution in [0.4, 0.5) is 5.69 Å². The van der Waals surface area contributed by atoms with Crippen LogP contribution in [0.1, 0.15) is 18.1 Å². The van der Waals surface area contributed by atoms with Crippen molar-refractivity contribution in [2.45, 2.75) is 25.3 Å². The molecule has 0 radical (unpaired) electrons. The number of nitro benzene ring substituents is 1. The number of nitrogens with zero attached hydrogens (tertiary/aromatic N) is 2. The highest BCUT2D eigenvalue weighted by Crippen LogP contribution is 2.29. The van der Waals surface area contributed by atoms with Gasteiger partial charge in [0.1, 0.15) is 0 Å². The van der Waals surface area contributed by atoms with Crippen LogP contribution in [0.3, 0.4) is 0 Å². The molecule has 0 aliphatic carbocycles. The van der Waals surface area contributed by atoms with Gasteiger partial charge >= 0.3 is 0 Å². The predicted octanol–water partition coefficient (Wildman–Crippen LogP) is 3.13. The molecule has 0 atom stereocenters. The largest absolute Gasteiger partial charge is 0.493 e. The first kappa shape index (κ1) is 20.7. The van der Waals surface area contributed by atoms with Crippen LogP contribution >= 0.6 is 0 Å². The Balaban J connectivity index is 2.30. The van der Waals surface area contributed by atoms with Gasteiger partial charge in [0, 0.05) is 25.2 Å². The number of benzene rings is 2. The van der Waals surface area contributed by atoms with Crippen LogP contribution in [0.15, 0.2) is 41.3 Å². The Kier molecular flexibility index (Phi) is 6.40. The summed E-state index contributed by atoms with van der Waals surface area (Å²) in [6.07, 6.45) is 0. The highest BCUT2D eigenvalue weighted by Gasteiger charge is 2.24. The second kappa shape index (κ2) is 8.36. The molecule has 0 aliphatic heterocycles. The van der Waals surface area contributed by atoms with Crippen molar-refractivity contribution in [3.8, 4) is 11.5 Å².